The largest absolute Gasteiger partial charge is 0.0651 e. The summed E-state index contributed by atoms with van der Waals surface area (Å²) in [6, 6.07) is 0. The van der Waals surface area contributed by atoms with E-state index < -0.39 is 0 Å². The molecule has 0 amide bonds. The van der Waals surface area contributed by atoms with Gasteiger partial charge in [0, 0.05) is 0 Å². The van der Waals surface area contributed by atoms with Crippen LogP contribution < -0.4 is 0 Å². The predicted octanol–water partition coefficient (Wildman–Crippen LogP) is 3.08. The summed E-state index contributed by atoms with van der Waals surface area (Å²) in [4.78, 5) is 0. The van der Waals surface area contributed by atoms with Crippen LogP contribution in [0.2, 0.25) is 0 Å². The fraction of sp³-hybridized carbons (Fsp3) is 1.00. The van der Waals surface area contributed by atoms with Gasteiger partial charge >= 0.3 is 0 Å². The van der Waals surface area contributed by atoms with Gasteiger partial charge in [-0.1, -0.05) is 27.2 Å². The van der Waals surface area contributed by atoms with E-state index in [2.05, 4.69) is 20.8 Å². The lowest BCUT2D eigenvalue weighted by atomic mass is 9.96. The second-order valence-corrected chi connectivity index (χ2v) is 3.72. The lowest BCUT2D eigenvalue weighted by molar-refractivity contribution is 0.406. The highest BCUT2D eigenvalue weighted by atomic mass is 14.3. The van der Waals surface area contributed by atoms with Gasteiger partial charge in [-0.25, -0.2) is 0 Å². The first-order valence-electron chi connectivity index (χ1n) is 4.24. The van der Waals surface area contributed by atoms with Crippen molar-refractivity contribution in [3.05, 3.63) is 0 Å². The average molecular weight is 126 g/mol. The second-order valence-electron chi connectivity index (χ2n) is 3.72. The molecule has 9 heavy (non-hydrogen) atoms. The van der Waals surface area contributed by atoms with E-state index in [9.17, 15) is 0 Å². The van der Waals surface area contributed by atoms with E-state index in [-0.39, 0.29) is 0 Å². The van der Waals surface area contributed by atoms with Crippen molar-refractivity contribution >= 4 is 0 Å². The quantitative estimate of drug-likeness (QED) is 0.506. The fourth-order valence-corrected chi connectivity index (χ4v) is 2.24. The molecule has 1 fully saturated rings. The Bertz CT molecular complexity index is 86.0. The van der Waals surface area contributed by atoms with Gasteiger partial charge in [0.2, 0.25) is 0 Å². The van der Waals surface area contributed by atoms with Crippen LogP contribution in [0, 0.1) is 17.8 Å². The molecule has 0 heterocycles. The molecule has 0 aromatic heterocycles. The fourth-order valence-electron chi connectivity index (χ4n) is 2.24. The monoisotopic (exact) mass is 126 g/mol. The standard InChI is InChI=1S/C9H18/c1-4-9-6-7(2)5-8(9)3/h7-9H,4-6H2,1-3H3/t7?,8-,9?/m0/s1. The van der Waals surface area contributed by atoms with Crippen molar-refractivity contribution in [1.29, 1.82) is 0 Å². The molecule has 1 saturated carbocycles. The van der Waals surface area contributed by atoms with E-state index in [1.807, 2.05) is 0 Å². The van der Waals surface area contributed by atoms with Crippen LogP contribution in [0.5, 0.6) is 0 Å². The molecule has 0 spiro atoms. The SMILES string of the molecule is CCC1CC(C)C[C@@H]1C. The Morgan fingerprint density at radius 2 is 1.89 bits per heavy atom. The Kier molecular flexibility index (Phi) is 2.15. The number of hydrogen-bond donors (Lipinski definition) is 0. The van der Waals surface area contributed by atoms with Crippen molar-refractivity contribution in [1.82, 2.24) is 0 Å². The van der Waals surface area contributed by atoms with Crippen LogP contribution in [0.1, 0.15) is 40.0 Å². The summed E-state index contributed by atoms with van der Waals surface area (Å²) in [6.07, 6.45) is 4.35. The first-order valence-corrected chi connectivity index (χ1v) is 4.24. The molecular formula is C9H18. The van der Waals surface area contributed by atoms with Gasteiger partial charge in [-0.2, -0.15) is 0 Å². The minimum absolute atomic E-state index is 1.00. The second kappa shape index (κ2) is 2.72. The maximum absolute atomic E-state index is 2.40. The summed E-state index contributed by atoms with van der Waals surface area (Å²) >= 11 is 0. The minimum Gasteiger partial charge on any atom is -0.0651 e. The average Bonchev–Trinajstić information content (AvgIpc) is 2.10. The normalized spacial score (nSPS) is 43.7. The molecule has 3 atom stereocenters. The van der Waals surface area contributed by atoms with Crippen LogP contribution in [-0.2, 0) is 0 Å². The minimum atomic E-state index is 1.00. The maximum atomic E-state index is 2.40. The lowest BCUT2D eigenvalue weighted by Crippen LogP contribution is -2.00. The molecule has 0 aliphatic heterocycles. The van der Waals surface area contributed by atoms with Crippen LogP contribution in [0.4, 0.5) is 0 Å². The number of rotatable bonds is 1. The van der Waals surface area contributed by atoms with Gasteiger partial charge in [-0.05, 0) is 30.6 Å². The lowest BCUT2D eigenvalue weighted by Gasteiger charge is -2.10. The Hall–Kier alpha value is 0. The van der Waals surface area contributed by atoms with E-state index >= 15 is 0 Å². The zero-order valence-corrected chi connectivity index (χ0v) is 6.85. The number of hydrogen-bond acceptors (Lipinski definition) is 0. The van der Waals surface area contributed by atoms with Crippen LogP contribution in [0.15, 0.2) is 0 Å². The summed E-state index contributed by atoms with van der Waals surface area (Å²) in [6.45, 7) is 7.10. The van der Waals surface area contributed by atoms with Gasteiger partial charge in [0.25, 0.3) is 0 Å². The van der Waals surface area contributed by atoms with E-state index in [1.54, 1.807) is 0 Å². The smallest absolute Gasteiger partial charge is 0.0388 e. The van der Waals surface area contributed by atoms with Gasteiger partial charge in [0.05, 0.1) is 0 Å². The van der Waals surface area contributed by atoms with Gasteiger partial charge < -0.3 is 0 Å². The molecule has 0 saturated heterocycles. The van der Waals surface area contributed by atoms with Gasteiger partial charge in [-0.3, -0.25) is 0 Å². The van der Waals surface area contributed by atoms with E-state index in [0.717, 1.165) is 17.8 Å². The topological polar surface area (TPSA) is 0 Å². The van der Waals surface area contributed by atoms with Crippen molar-refractivity contribution < 1.29 is 0 Å². The van der Waals surface area contributed by atoms with E-state index in [0.29, 0.717) is 0 Å². The first kappa shape index (κ1) is 7.11. The summed E-state index contributed by atoms with van der Waals surface area (Å²) in [7, 11) is 0. The highest BCUT2D eigenvalue weighted by Crippen LogP contribution is 2.37. The molecule has 0 nitrogen and oxygen atoms in total. The zero-order valence-electron chi connectivity index (χ0n) is 6.85. The first-order chi connectivity index (χ1) is 4.24. The Morgan fingerprint density at radius 3 is 2.11 bits per heavy atom. The summed E-state index contributed by atoms with van der Waals surface area (Å²) in [5, 5.41) is 0. The molecular weight excluding hydrogens is 108 g/mol. The van der Waals surface area contributed by atoms with Crippen molar-refractivity contribution in [2.45, 2.75) is 40.0 Å². The molecule has 1 rings (SSSR count). The molecule has 0 N–H and O–H groups in total. The molecule has 0 aromatic carbocycles. The van der Waals surface area contributed by atoms with Gasteiger partial charge in [0.15, 0.2) is 0 Å². The summed E-state index contributed by atoms with van der Waals surface area (Å²) in [5.41, 5.74) is 0. The van der Waals surface area contributed by atoms with Crippen LogP contribution in [0.3, 0.4) is 0 Å². The molecule has 54 valence electrons. The van der Waals surface area contributed by atoms with E-state index in [4.69, 9.17) is 0 Å². The Balaban J connectivity index is 2.38. The third-order valence-corrected chi connectivity index (χ3v) is 2.81. The Morgan fingerprint density at radius 1 is 1.22 bits per heavy atom. The van der Waals surface area contributed by atoms with Gasteiger partial charge in [-0.15, -0.1) is 0 Å². The van der Waals surface area contributed by atoms with Crippen molar-refractivity contribution in [3.8, 4) is 0 Å². The van der Waals surface area contributed by atoms with E-state index in [1.165, 1.54) is 19.3 Å². The zero-order chi connectivity index (χ0) is 6.85. The molecule has 0 bridgehead atoms. The summed E-state index contributed by atoms with van der Waals surface area (Å²) < 4.78 is 0. The highest BCUT2D eigenvalue weighted by molar-refractivity contribution is 4.77. The molecule has 2 unspecified atom stereocenters. The van der Waals surface area contributed by atoms with Crippen LogP contribution >= 0.6 is 0 Å². The molecule has 0 radical (unpaired) electrons. The molecule has 0 heteroatoms. The van der Waals surface area contributed by atoms with Gasteiger partial charge in [0.1, 0.15) is 0 Å². The predicted molar refractivity (Wildman–Crippen MR) is 41.3 cm³/mol. The Labute approximate surface area is 58.7 Å². The molecule has 1 aliphatic carbocycles. The van der Waals surface area contributed by atoms with Crippen LogP contribution in [0.25, 0.3) is 0 Å². The van der Waals surface area contributed by atoms with Crippen LogP contribution in [-0.4, -0.2) is 0 Å². The maximum Gasteiger partial charge on any atom is -0.0388 e. The van der Waals surface area contributed by atoms with Crippen molar-refractivity contribution in [3.63, 3.8) is 0 Å². The van der Waals surface area contributed by atoms with Crippen molar-refractivity contribution in [2.24, 2.45) is 17.8 Å². The molecule has 0 aromatic rings. The third-order valence-electron chi connectivity index (χ3n) is 2.81. The van der Waals surface area contributed by atoms with Crippen molar-refractivity contribution in [2.75, 3.05) is 0 Å². The molecule has 1 aliphatic rings. The third kappa shape index (κ3) is 1.47. The summed E-state index contributed by atoms with van der Waals surface area (Å²) in [5.74, 6) is 3.05. The highest BCUT2D eigenvalue weighted by Gasteiger charge is 2.26.